The zero-order valence-corrected chi connectivity index (χ0v) is 10.9. The lowest BCUT2D eigenvalue weighted by Crippen LogP contribution is -2.21. The first-order chi connectivity index (χ1) is 8.24. The molecule has 1 heterocycles. The van der Waals surface area contributed by atoms with Gasteiger partial charge in [0.1, 0.15) is 0 Å². The van der Waals surface area contributed by atoms with Gasteiger partial charge in [0.25, 0.3) is 0 Å². The van der Waals surface area contributed by atoms with E-state index in [1.54, 1.807) is 17.4 Å². The molecule has 0 bridgehead atoms. The number of hydrogen-bond donors (Lipinski definition) is 2. The number of hydrogen-bond acceptors (Lipinski definition) is 3. The molecular weight excluding hydrogens is 234 g/mol. The number of amides is 1. The Morgan fingerprint density at radius 2 is 2.29 bits per heavy atom. The second-order valence-electron chi connectivity index (χ2n) is 3.88. The van der Waals surface area contributed by atoms with Crippen LogP contribution in [0.25, 0.3) is 6.08 Å². The van der Waals surface area contributed by atoms with Crippen LogP contribution in [0.2, 0.25) is 0 Å². The molecule has 17 heavy (non-hydrogen) atoms. The van der Waals surface area contributed by atoms with E-state index < -0.39 is 0 Å². The Labute approximate surface area is 106 Å². The van der Waals surface area contributed by atoms with Crippen molar-refractivity contribution in [3.8, 4) is 0 Å². The van der Waals surface area contributed by atoms with Gasteiger partial charge in [-0.05, 0) is 49.3 Å². The molecule has 0 atom stereocenters. The number of carbonyl (C=O) groups is 1. The SMILES string of the molecule is Cc1ccsc1/C=C/C(=O)NCCCCCO. The van der Waals surface area contributed by atoms with Crippen LogP contribution in [0.1, 0.15) is 29.7 Å². The third-order valence-corrected chi connectivity index (χ3v) is 3.41. The lowest BCUT2D eigenvalue weighted by Gasteiger charge is -2.00. The summed E-state index contributed by atoms with van der Waals surface area (Å²) in [6, 6.07) is 2.04. The summed E-state index contributed by atoms with van der Waals surface area (Å²) in [5.74, 6) is -0.0539. The van der Waals surface area contributed by atoms with Gasteiger partial charge in [-0.3, -0.25) is 4.79 Å². The largest absolute Gasteiger partial charge is 0.396 e. The molecule has 0 fully saturated rings. The number of thiophene rings is 1. The number of rotatable bonds is 7. The second kappa shape index (κ2) is 8.03. The van der Waals surface area contributed by atoms with Gasteiger partial charge in [0.2, 0.25) is 5.91 Å². The van der Waals surface area contributed by atoms with Gasteiger partial charge in [0, 0.05) is 24.1 Å². The van der Waals surface area contributed by atoms with E-state index in [1.807, 2.05) is 24.4 Å². The number of carbonyl (C=O) groups excluding carboxylic acids is 1. The smallest absolute Gasteiger partial charge is 0.244 e. The first kappa shape index (κ1) is 13.9. The fourth-order valence-corrected chi connectivity index (χ4v) is 2.21. The molecular formula is C13H19NO2S. The number of unbranched alkanes of at least 4 members (excludes halogenated alkanes) is 2. The van der Waals surface area contributed by atoms with Gasteiger partial charge >= 0.3 is 0 Å². The maximum absolute atomic E-state index is 11.4. The highest BCUT2D eigenvalue weighted by molar-refractivity contribution is 7.11. The van der Waals surface area contributed by atoms with E-state index in [9.17, 15) is 4.79 Å². The molecule has 0 aliphatic carbocycles. The fourth-order valence-electron chi connectivity index (χ4n) is 1.39. The van der Waals surface area contributed by atoms with Crippen LogP contribution in [-0.2, 0) is 4.79 Å². The summed E-state index contributed by atoms with van der Waals surface area (Å²) in [5, 5.41) is 13.4. The highest BCUT2D eigenvalue weighted by Crippen LogP contribution is 2.16. The molecule has 94 valence electrons. The Bertz CT molecular complexity index is 371. The summed E-state index contributed by atoms with van der Waals surface area (Å²) in [7, 11) is 0. The zero-order valence-electron chi connectivity index (χ0n) is 10.1. The van der Waals surface area contributed by atoms with Crippen LogP contribution in [0, 0.1) is 6.92 Å². The topological polar surface area (TPSA) is 49.3 Å². The standard InChI is InChI=1S/C13H19NO2S/c1-11-7-10-17-12(11)5-6-13(16)14-8-3-2-4-9-15/h5-7,10,15H,2-4,8-9H2,1H3,(H,14,16)/b6-5+. The van der Waals surface area contributed by atoms with Crippen molar-refractivity contribution in [2.75, 3.05) is 13.2 Å². The van der Waals surface area contributed by atoms with E-state index in [2.05, 4.69) is 5.32 Å². The van der Waals surface area contributed by atoms with Crippen LogP contribution >= 0.6 is 11.3 Å². The third-order valence-electron chi connectivity index (χ3n) is 2.42. The van der Waals surface area contributed by atoms with Crippen molar-refractivity contribution in [3.63, 3.8) is 0 Å². The van der Waals surface area contributed by atoms with E-state index in [1.165, 1.54) is 5.56 Å². The number of aliphatic hydroxyl groups excluding tert-OH is 1. The van der Waals surface area contributed by atoms with E-state index in [4.69, 9.17) is 5.11 Å². The molecule has 0 saturated heterocycles. The molecule has 1 aromatic rings. The predicted octanol–water partition coefficient (Wildman–Crippen LogP) is 2.35. The van der Waals surface area contributed by atoms with Crippen molar-refractivity contribution in [1.82, 2.24) is 5.32 Å². The van der Waals surface area contributed by atoms with Crippen LogP contribution in [-0.4, -0.2) is 24.2 Å². The second-order valence-corrected chi connectivity index (χ2v) is 4.82. The van der Waals surface area contributed by atoms with Gasteiger partial charge in [-0.25, -0.2) is 0 Å². The average Bonchev–Trinajstić information content (AvgIpc) is 2.72. The minimum atomic E-state index is -0.0539. The maximum Gasteiger partial charge on any atom is 0.244 e. The van der Waals surface area contributed by atoms with Gasteiger partial charge in [0.05, 0.1) is 0 Å². The average molecular weight is 253 g/mol. The molecule has 0 aliphatic heterocycles. The fraction of sp³-hybridized carbons (Fsp3) is 0.462. The minimum absolute atomic E-state index is 0.0539. The van der Waals surface area contributed by atoms with Crippen LogP contribution in [0.15, 0.2) is 17.5 Å². The van der Waals surface area contributed by atoms with E-state index >= 15 is 0 Å². The first-order valence-electron chi connectivity index (χ1n) is 5.85. The normalized spacial score (nSPS) is 10.9. The van der Waals surface area contributed by atoms with Crippen molar-refractivity contribution < 1.29 is 9.90 Å². The third kappa shape index (κ3) is 5.65. The summed E-state index contributed by atoms with van der Waals surface area (Å²) < 4.78 is 0. The lowest BCUT2D eigenvalue weighted by atomic mass is 10.2. The molecule has 0 unspecified atom stereocenters. The highest BCUT2D eigenvalue weighted by Gasteiger charge is 1.97. The summed E-state index contributed by atoms with van der Waals surface area (Å²) in [5.41, 5.74) is 1.20. The van der Waals surface area contributed by atoms with Crippen LogP contribution in [0.5, 0.6) is 0 Å². The van der Waals surface area contributed by atoms with E-state index in [-0.39, 0.29) is 12.5 Å². The Kier molecular flexibility index (Phi) is 6.58. The molecule has 1 rings (SSSR count). The summed E-state index contributed by atoms with van der Waals surface area (Å²) >= 11 is 1.63. The van der Waals surface area contributed by atoms with Crippen molar-refractivity contribution in [2.24, 2.45) is 0 Å². The van der Waals surface area contributed by atoms with Crippen molar-refractivity contribution >= 4 is 23.3 Å². The Morgan fingerprint density at radius 1 is 1.47 bits per heavy atom. The van der Waals surface area contributed by atoms with Crippen molar-refractivity contribution in [3.05, 3.63) is 28.0 Å². The van der Waals surface area contributed by atoms with Gasteiger partial charge in [-0.2, -0.15) is 0 Å². The van der Waals surface area contributed by atoms with E-state index in [0.717, 1.165) is 24.1 Å². The molecule has 0 aliphatic rings. The molecule has 1 amide bonds. The van der Waals surface area contributed by atoms with Gasteiger partial charge in [-0.1, -0.05) is 0 Å². The molecule has 4 heteroatoms. The summed E-state index contributed by atoms with van der Waals surface area (Å²) in [4.78, 5) is 12.6. The van der Waals surface area contributed by atoms with Crippen molar-refractivity contribution in [2.45, 2.75) is 26.2 Å². The maximum atomic E-state index is 11.4. The number of nitrogens with one attached hydrogen (secondary N) is 1. The van der Waals surface area contributed by atoms with Crippen LogP contribution in [0.4, 0.5) is 0 Å². The molecule has 0 spiro atoms. The molecule has 2 N–H and O–H groups in total. The van der Waals surface area contributed by atoms with Crippen LogP contribution < -0.4 is 5.32 Å². The minimum Gasteiger partial charge on any atom is -0.396 e. The summed E-state index contributed by atoms with van der Waals surface area (Å²) in [6.07, 6.45) is 6.09. The first-order valence-corrected chi connectivity index (χ1v) is 6.73. The Hall–Kier alpha value is -1.13. The Balaban J connectivity index is 2.21. The summed E-state index contributed by atoms with van der Waals surface area (Å²) in [6.45, 7) is 2.93. The molecule has 3 nitrogen and oxygen atoms in total. The number of aryl methyl sites for hydroxylation is 1. The molecule has 1 aromatic heterocycles. The highest BCUT2D eigenvalue weighted by atomic mass is 32.1. The molecule has 0 radical (unpaired) electrons. The molecule has 0 saturated carbocycles. The quantitative estimate of drug-likeness (QED) is 0.579. The van der Waals surface area contributed by atoms with Gasteiger partial charge in [0.15, 0.2) is 0 Å². The monoisotopic (exact) mass is 253 g/mol. The van der Waals surface area contributed by atoms with Crippen LogP contribution in [0.3, 0.4) is 0 Å². The lowest BCUT2D eigenvalue weighted by molar-refractivity contribution is -0.116. The predicted molar refractivity (Wildman–Crippen MR) is 72.0 cm³/mol. The Morgan fingerprint density at radius 3 is 2.94 bits per heavy atom. The zero-order chi connectivity index (χ0) is 12.5. The van der Waals surface area contributed by atoms with Crippen molar-refractivity contribution in [1.29, 1.82) is 0 Å². The number of aliphatic hydroxyl groups is 1. The molecule has 0 aromatic carbocycles. The van der Waals surface area contributed by atoms with Gasteiger partial charge < -0.3 is 10.4 Å². The van der Waals surface area contributed by atoms with Gasteiger partial charge in [-0.15, -0.1) is 11.3 Å². The van der Waals surface area contributed by atoms with E-state index in [0.29, 0.717) is 6.54 Å².